The number of fused-ring (bicyclic) bond motifs is 1. The number of nitrogens with zero attached hydrogens (tertiary/aromatic N) is 1. The highest BCUT2D eigenvalue weighted by molar-refractivity contribution is 5.84. The van der Waals surface area contributed by atoms with E-state index in [1.807, 2.05) is 24.3 Å². The fourth-order valence-corrected chi connectivity index (χ4v) is 4.09. The molecule has 3 rings (SSSR count). The number of carbonyl (C=O) groups is 1. The summed E-state index contributed by atoms with van der Waals surface area (Å²) in [6.45, 7) is 10.7. The van der Waals surface area contributed by atoms with Crippen molar-refractivity contribution in [3.63, 3.8) is 0 Å². The second-order valence-corrected chi connectivity index (χ2v) is 9.43. The topological polar surface area (TPSA) is 74.4 Å². The number of hydrogen-bond acceptors (Lipinski definition) is 5. The fourth-order valence-electron chi connectivity index (χ4n) is 4.09. The number of carbonyl (C=O) groups excluding carboxylic acids is 1. The van der Waals surface area contributed by atoms with Crippen LogP contribution in [0.3, 0.4) is 0 Å². The summed E-state index contributed by atoms with van der Waals surface area (Å²) in [4.78, 5) is 16.7. The van der Waals surface area contributed by atoms with Crippen LogP contribution in [-0.4, -0.2) is 23.7 Å². The van der Waals surface area contributed by atoms with Crippen molar-refractivity contribution in [2.45, 2.75) is 71.9 Å². The summed E-state index contributed by atoms with van der Waals surface area (Å²) < 4.78 is 11.3. The van der Waals surface area contributed by atoms with Crippen molar-refractivity contribution in [3.05, 3.63) is 36.0 Å². The summed E-state index contributed by atoms with van der Waals surface area (Å²) in [6, 6.07) is 9.62. The second-order valence-electron chi connectivity index (χ2n) is 9.43. The predicted octanol–water partition coefficient (Wildman–Crippen LogP) is 4.96. The first-order valence-electron chi connectivity index (χ1n) is 10.7. The lowest BCUT2D eigenvalue weighted by molar-refractivity contribution is -0.149. The standard InChI is InChI=1S/C24H34N2O3/c1-6-28-22(27)24(5,25)21-14-7-16-15-19(12-13-20(16)26-21)29-18-10-8-17(9-11-18)23(2,3)4/h7,12-15,17-18H,6,8-11,25H2,1-5H3. The molecular formula is C24H34N2O3. The molecule has 0 radical (unpaired) electrons. The van der Waals surface area contributed by atoms with E-state index in [-0.39, 0.29) is 12.7 Å². The summed E-state index contributed by atoms with van der Waals surface area (Å²) in [5, 5.41) is 0.967. The van der Waals surface area contributed by atoms with Gasteiger partial charge in [-0.25, -0.2) is 4.79 Å². The number of nitrogens with two attached hydrogens (primary N) is 1. The highest BCUT2D eigenvalue weighted by Crippen LogP contribution is 2.39. The molecule has 0 aliphatic heterocycles. The SMILES string of the molecule is CCOC(=O)C(C)(N)c1ccc2cc(OC3CCC(C(C)(C)C)CC3)ccc2n1. The number of ether oxygens (including phenoxy) is 2. The molecule has 1 atom stereocenters. The Morgan fingerprint density at radius 2 is 1.79 bits per heavy atom. The lowest BCUT2D eigenvalue weighted by Gasteiger charge is -2.36. The minimum absolute atomic E-state index is 0.273. The van der Waals surface area contributed by atoms with Gasteiger partial charge in [-0.05, 0) is 75.1 Å². The molecular weight excluding hydrogens is 364 g/mol. The van der Waals surface area contributed by atoms with Gasteiger partial charge in [-0.2, -0.15) is 0 Å². The summed E-state index contributed by atoms with van der Waals surface area (Å²) in [6.07, 6.45) is 4.91. The van der Waals surface area contributed by atoms with E-state index >= 15 is 0 Å². The van der Waals surface area contributed by atoms with Gasteiger partial charge in [0.05, 0.1) is 23.9 Å². The largest absolute Gasteiger partial charge is 0.490 e. The van der Waals surface area contributed by atoms with Crippen molar-refractivity contribution >= 4 is 16.9 Å². The Morgan fingerprint density at radius 1 is 1.10 bits per heavy atom. The lowest BCUT2D eigenvalue weighted by atomic mass is 9.72. The van der Waals surface area contributed by atoms with Gasteiger partial charge in [0.1, 0.15) is 5.75 Å². The number of aromatic nitrogens is 1. The average Bonchev–Trinajstić information content (AvgIpc) is 2.67. The minimum atomic E-state index is -1.27. The van der Waals surface area contributed by atoms with Crippen LogP contribution in [-0.2, 0) is 15.1 Å². The van der Waals surface area contributed by atoms with Crippen molar-refractivity contribution in [1.82, 2.24) is 4.98 Å². The van der Waals surface area contributed by atoms with Crippen molar-refractivity contribution in [1.29, 1.82) is 0 Å². The third-order valence-corrected chi connectivity index (χ3v) is 6.09. The molecule has 158 valence electrons. The van der Waals surface area contributed by atoms with Crippen LogP contribution in [0.2, 0.25) is 0 Å². The van der Waals surface area contributed by atoms with Gasteiger partial charge in [-0.1, -0.05) is 26.8 Å². The average molecular weight is 399 g/mol. The summed E-state index contributed by atoms with van der Waals surface area (Å²) >= 11 is 0. The van der Waals surface area contributed by atoms with Crippen LogP contribution in [0.15, 0.2) is 30.3 Å². The van der Waals surface area contributed by atoms with E-state index in [1.165, 1.54) is 12.8 Å². The van der Waals surface area contributed by atoms with Gasteiger partial charge in [0.25, 0.3) is 0 Å². The Bertz CT molecular complexity index is 862. The minimum Gasteiger partial charge on any atom is -0.490 e. The Hall–Kier alpha value is -2.14. The van der Waals surface area contributed by atoms with Gasteiger partial charge in [0.2, 0.25) is 0 Å². The third-order valence-electron chi connectivity index (χ3n) is 6.09. The summed E-state index contributed by atoms with van der Waals surface area (Å²) in [5.41, 5.74) is 6.58. The molecule has 1 aliphatic carbocycles. The predicted molar refractivity (Wildman–Crippen MR) is 116 cm³/mol. The summed E-state index contributed by atoms with van der Waals surface area (Å²) in [5.74, 6) is 1.16. The van der Waals surface area contributed by atoms with Crippen LogP contribution in [0.4, 0.5) is 0 Å². The zero-order valence-electron chi connectivity index (χ0n) is 18.3. The highest BCUT2D eigenvalue weighted by Gasteiger charge is 2.34. The Morgan fingerprint density at radius 3 is 2.41 bits per heavy atom. The normalized spacial score (nSPS) is 22.1. The van der Waals surface area contributed by atoms with Crippen molar-refractivity contribution < 1.29 is 14.3 Å². The zero-order valence-corrected chi connectivity index (χ0v) is 18.3. The van der Waals surface area contributed by atoms with E-state index in [2.05, 4.69) is 25.8 Å². The molecule has 0 saturated heterocycles. The van der Waals surface area contributed by atoms with Gasteiger partial charge in [0.15, 0.2) is 5.54 Å². The first-order valence-corrected chi connectivity index (χ1v) is 10.7. The molecule has 1 aromatic heterocycles. The van der Waals surface area contributed by atoms with Gasteiger partial charge >= 0.3 is 5.97 Å². The number of benzene rings is 1. The molecule has 1 aliphatic rings. The van der Waals surface area contributed by atoms with Crippen molar-refractivity contribution in [3.8, 4) is 5.75 Å². The van der Waals surface area contributed by atoms with Crippen LogP contribution in [0.25, 0.3) is 10.9 Å². The second kappa shape index (κ2) is 8.31. The Kier molecular flexibility index (Phi) is 6.18. The molecule has 1 fully saturated rings. The quantitative estimate of drug-likeness (QED) is 0.721. The molecule has 1 heterocycles. The number of hydrogen-bond donors (Lipinski definition) is 1. The first kappa shape index (κ1) is 21.6. The molecule has 0 bridgehead atoms. The number of rotatable bonds is 5. The molecule has 5 nitrogen and oxygen atoms in total. The van der Waals surface area contributed by atoms with E-state index in [0.29, 0.717) is 11.1 Å². The van der Waals surface area contributed by atoms with Crippen molar-refractivity contribution in [2.75, 3.05) is 6.61 Å². The van der Waals surface area contributed by atoms with E-state index in [4.69, 9.17) is 15.2 Å². The van der Waals surface area contributed by atoms with Crippen molar-refractivity contribution in [2.24, 2.45) is 17.1 Å². The van der Waals surface area contributed by atoms with E-state index in [1.54, 1.807) is 19.9 Å². The van der Waals surface area contributed by atoms with E-state index in [9.17, 15) is 4.79 Å². The van der Waals surface area contributed by atoms with Crippen LogP contribution in [0.1, 0.15) is 66.0 Å². The number of pyridine rings is 1. The monoisotopic (exact) mass is 398 g/mol. The molecule has 5 heteroatoms. The maximum atomic E-state index is 12.2. The molecule has 1 saturated carbocycles. The molecule has 0 amide bonds. The zero-order chi connectivity index (χ0) is 21.2. The number of esters is 1. The van der Waals surface area contributed by atoms with Crippen LogP contribution in [0, 0.1) is 11.3 Å². The maximum absolute atomic E-state index is 12.2. The molecule has 29 heavy (non-hydrogen) atoms. The molecule has 1 aromatic carbocycles. The summed E-state index contributed by atoms with van der Waals surface area (Å²) in [7, 11) is 0. The first-order chi connectivity index (χ1) is 13.6. The van der Waals surface area contributed by atoms with E-state index < -0.39 is 11.5 Å². The van der Waals surface area contributed by atoms with Gasteiger partial charge in [-0.15, -0.1) is 0 Å². The van der Waals surface area contributed by atoms with Crippen LogP contribution >= 0.6 is 0 Å². The maximum Gasteiger partial charge on any atom is 0.332 e. The van der Waals surface area contributed by atoms with Crippen LogP contribution < -0.4 is 10.5 Å². The van der Waals surface area contributed by atoms with Gasteiger partial charge in [0, 0.05) is 5.39 Å². The van der Waals surface area contributed by atoms with Gasteiger partial charge < -0.3 is 15.2 Å². The fraction of sp³-hybridized carbons (Fsp3) is 0.583. The molecule has 2 aromatic rings. The third kappa shape index (κ3) is 4.89. The Balaban J connectivity index is 1.71. The molecule has 1 unspecified atom stereocenters. The molecule has 2 N–H and O–H groups in total. The van der Waals surface area contributed by atoms with E-state index in [0.717, 1.165) is 35.4 Å². The smallest absolute Gasteiger partial charge is 0.332 e. The van der Waals surface area contributed by atoms with Crippen LogP contribution in [0.5, 0.6) is 5.75 Å². The molecule has 0 spiro atoms. The Labute approximate surface area is 174 Å². The van der Waals surface area contributed by atoms with Gasteiger partial charge in [-0.3, -0.25) is 4.98 Å². The lowest BCUT2D eigenvalue weighted by Crippen LogP contribution is -2.43. The highest BCUT2D eigenvalue weighted by atomic mass is 16.5.